The Morgan fingerprint density at radius 3 is 2.52 bits per heavy atom. The molecule has 3 nitrogen and oxygen atoms in total. The van der Waals surface area contributed by atoms with Gasteiger partial charge >= 0.3 is 0 Å². The second-order valence-electron chi connectivity index (χ2n) is 6.64. The number of Topliss-reactive ketones (excluding diaryl/α,β-unsaturated/α-hetero) is 1. The van der Waals surface area contributed by atoms with E-state index in [0.29, 0.717) is 25.7 Å². The maximum absolute atomic E-state index is 12.3. The predicted molar refractivity (Wildman–Crippen MR) is 81.7 cm³/mol. The number of rotatable bonds is 1. The molecule has 0 unspecified atom stereocenters. The van der Waals surface area contributed by atoms with Gasteiger partial charge in [-0.3, -0.25) is 4.79 Å². The second kappa shape index (κ2) is 4.79. The van der Waals surface area contributed by atoms with Gasteiger partial charge in [-0.25, -0.2) is 0 Å². The summed E-state index contributed by atoms with van der Waals surface area (Å²) in [6.45, 7) is 3.81. The van der Waals surface area contributed by atoms with Crippen molar-refractivity contribution in [3.8, 4) is 0 Å². The zero-order chi connectivity index (χ0) is 15.3. The van der Waals surface area contributed by atoms with E-state index in [0.717, 1.165) is 11.1 Å². The lowest BCUT2D eigenvalue weighted by molar-refractivity contribution is -0.144. The molecule has 21 heavy (non-hydrogen) atoms. The van der Waals surface area contributed by atoms with Crippen LogP contribution in [0, 0.1) is 12.3 Å². The van der Waals surface area contributed by atoms with Gasteiger partial charge in [0.1, 0.15) is 11.4 Å². The molecular formula is C18H22O3. The van der Waals surface area contributed by atoms with Crippen molar-refractivity contribution in [2.45, 2.75) is 51.2 Å². The summed E-state index contributed by atoms with van der Waals surface area (Å²) < 4.78 is 0. The van der Waals surface area contributed by atoms with Crippen molar-refractivity contribution in [3.05, 3.63) is 41.5 Å². The summed E-state index contributed by atoms with van der Waals surface area (Å²) in [4.78, 5) is 12.3. The molecule has 112 valence electrons. The summed E-state index contributed by atoms with van der Waals surface area (Å²) in [5.41, 5.74) is 0.994. The predicted octanol–water partition coefficient (Wildman–Crippen LogP) is 2.63. The van der Waals surface area contributed by atoms with E-state index in [1.54, 1.807) is 6.92 Å². The van der Waals surface area contributed by atoms with Crippen molar-refractivity contribution in [2.24, 2.45) is 5.41 Å². The molecule has 0 heterocycles. The summed E-state index contributed by atoms with van der Waals surface area (Å²) in [7, 11) is 0. The molecule has 0 amide bonds. The highest BCUT2D eigenvalue weighted by atomic mass is 16.3. The highest BCUT2D eigenvalue weighted by molar-refractivity contribution is 5.92. The molecular weight excluding hydrogens is 264 g/mol. The van der Waals surface area contributed by atoms with Gasteiger partial charge in [0.2, 0.25) is 0 Å². The van der Waals surface area contributed by atoms with Crippen LogP contribution in [0.2, 0.25) is 0 Å². The fraction of sp³-hybridized carbons (Fsp3) is 0.500. The van der Waals surface area contributed by atoms with Crippen molar-refractivity contribution in [2.75, 3.05) is 0 Å². The Morgan fingerprint density at radius 2 is 1.86 bits per heavy atom. The Hall–Kier alpha value is -1.45. The van der Waals surface area contributed by atoms with E-state index in [4.69, 9.17) is 0 Å². The molecule has 0 saturated heterocycles. The van der Waals surface area contributed by atoms with Crippen molar-refractivity contribution >= 4 is 11.4 Å². The van der Waals surface area contributed by atoms with Gasteiger partial charge in [0.15, 0.2) is 0 Å². The standard InChI is InChI=1S/C18H22O3/c1-12-3-5-13(6-4-12)14-7-8-16(20)18(21)10-9-15(19)17(18,2)11-14/h3-6,11,16,20-21H,7-10H2,1-2H3/t16-,17-,18-/m0/s1. The van der Waals surface area contributed by atoms with Crippen LogP contribution in [0.25, 0.3) is 5.57 Å². The molecule has 0 aliphatic heterocycles. The normalized spacial score (nSPS) is 36.1. The van der Waals surface area contributed by atoms with Crippen molar-refractivity contribution in [1.29, 1.82) is 0 Å². The van der Waals surface area contributed by atoms with E-state index in [9.17, 15) is 15.0 Å². The van der Waals surface area contributed by atoms with Gasteiger partial charge in [0.05, 0.1) is 11.5 Å². The van der Waals surface area contributed by atoms with Gasteiger partial charge in [-0.2, -0.15) is 0 Å². The average Bonchev–Trinajstić information content (AvgIpc) is 2.63. The van der Waals surface area contributed by atoms with Crippen LogP contribution in [-0.2, 0) is 4.79 Å². The number of fused-ring (bicyclic) bond motifs is 1. The molecule has 1 aromatic carbocycles. The number of benzene rings is 1. The number of carbonyl (C=O) groups excluding carboxylic acids is 1. The van der Waals surface area contributed by atoms with Crippen LogP contribution in [0.3, 0.4) is 0 Å². The maximum atomic E-state index is 12.3. The fourth-order valence-corrected chi connectivity index (χ4v) is 3.73. The Morgan fingerprint density at radius 1 is 1.19 bits per heavy atom. The number of hydrogen-bond acceptors (Lipinski definition) is 3. The lowest BCUT2D eigenvalue weighted by Crippen LogP contribution is -2.52. The topological polar surface area (TPSA) is 57.5 Å². The van der Waals surface area contributed by atoms with E-state index in [1.165, 1.54) is 5.56 Å². The minimum atomic E-state index is -1.32. The van der Waals surface area contributed by atoms with Crippen LogP contribution in [0.4, 0.5) is 0 Å². The van der Waals surface area contributed by atoms with Crippen molar-refractivity contribution in [3.63, 3.8) is 0 Å². The van der Waals surface area contributed by atoms with Crippen LogP contribution in [0.1, 0.15) is 43.7 Å². The summed E-state index contributed by atoms with van der Waals surface area (Å²) in [5, 5.41) is 21.3. The van der Waals surface area contributed by atoms with Crippen LogP contribution in [-0.4, -0.2) is 27.7 Å². The highest BCUT2D eigenvalue weighted by Gasteiger charge is 2.59. The molecule has 3 rings (SSSR count). The molecule has 3 heteroatoms. The summed E-state index contributed by atoms with van der Waals surface area (Å²) in [5.74, 6) is 0.0237. The SMILES string of the molecule is Cc1ccc(C2=C[C@@]3(C)C(=O)CC[C@]3(O)[C@@H](O)CC2)cc1. The molecule has 1 aromatic rings. The lowest BCUT2D eigenvalue weighted by atomic mass is 9.72. The molecule has 1 saturated carbocycles. The van der Waals surface area contributed by atoms with E-state index in [2.05, 4.69) is 0 Å². The Labute approximate surface area is 125 Å². The first-order valence-electron chi connectivity index (χ1n) is 7.59. The number of hydrogen-bond donors (Lipinski definition) is 2. The molecule has 2 aliphatic carbocycles. The molecule has 2 N–H and O–H groups in total. The molecule has 0 radical (unpaired) electrons. The third-order valence-electron chi connectivity index (χ3n) is 5.34. The summed E-state index contributed by atoms with van der Waals surface area (Å²) >= 11 is 0. The number of aliphatic hydroxyl groups excluding tert-OH is 1. The molecule has 2 aliphatic rings. The van der Waals surface area contributed by atoms with Crippen LogP contribution in [0.15, 0.2) is 30.3 Å². The number of aliphatic hydroxyl groups is 2. The van der Waals surface area contributed by atoms with Gasteiger partial charge in [-0.15, -0.1) is 0 Å². The number of ketones is 1. The molecule has 3 atom stereocenters. The third-order valence-corrected chi connectivity index (χ3v) is 5.34. The third kappa shape index (κ3) is 2.07. The van der Waals surface area contributed by atoms with E-state index >= 15 is 0 Å². The average molecular weight is 286 g/mol. The molecule has 0 aromatic heterocycles. The van der Waals surface area contributed by atoms with Crippen LogP contribution >= 0.6 is 0 Å². The molecule has 0 spiro atoms. The molecule has 1 fully saturated rings. The Kier molecular flexibility index (Phi) is 3.30. The minimum Gasteiger partial charge on any atom is -0.390 e. The summed E-state index contributed by atoms with van der Waals surface area (Å²) in [6, 6.07) is 8.17. The number of allylic oxidation sites excluding steroid dienone is 1. The summed E-state index contributed by atoms with van der Waals surface area (Å²) in [6.07, 6.45) is 2.90. The zero-order valence-corrected chi connectivity index (χ0v) is 12.6. The number of aryl methyl sites for hydroxylation is 1. The Bertz CT molecular complexity index is 601. The highest BCUT2D eigenvalue weighted by Crippen LogP contribution is 2.51. The van der Waals surface area contributed by atoms with E-state index < -0.39 is 17.1 Å². The van der Waals surface area contributed by atoms with Gasteiger partial charge in [0, 0.05) is 6.42 Å². The zero-order valence-electron chi connectivity index (χ0n) is 12.6. The van der Waals surface area contributed by atoms with Crippen molar-refractivity contribution in [1.82, 2.24) is 0 Å². The largest absolute Gasteiger partial charge is 0.390 e. The lowest BCUT2D eigenvalue weighted by Gasteiger charge is -2.38. The fourth-order valence-electron chi connectivity index (χ4n) is 3.73. The van der Waals surface area contributed by atoms with Gasteiger partial charge in [0.25, 0.3) is 0 Å². The van der Waals surface area contributed by atoms with Crippen LogP contribution < -0.4 is 0 Å². The second-order valence-corrected chi connectivity index (χ2v) is 6.64. The van der Waals surface area contributed by atoms with Crippen LogP contribution in [0.5, 0.6) is 0 Å². The minimum absolute atomic E-state index is 0.0237. The smallest absolute Gasteiger partial charge is 0.145 e. The quantitative estimate of drug-likeness (QED) is 0.834. The maximum Gasteiger partial charge on any atom is 0.145 e. The Balaban J connectivity index is 2.09. The van der Waals surface area contributed by atoms with Gasteiger partial charge in [-0.1, -0.05) is 35.9 Å². The van der Waals surface area contributed by atoms with E-state index in [1.807, 2.05) is 37.3 Å². The first-order chi connectivity index (χ1) is 9.87. The molecule has 0 bridgehead atoms. The first kappa shape index (κ1) is 14.5. The van der Waals surface area contributed by atoms with Gasteiger partial charge < -0.3 is 10.2 Å². The first-order valence-corrected chi connectivity index (χ1v) is 7.59. The monoisotopic (exact) mass is 286 g/mol. The number of carbonyl (C=O) groups is 1. The van der Waals surface area contributed by atoms with Gasteiger partial charge in [-0.05, 0) is 44.2 Å². The van der Waals surface area contributed by atoms with Crippen molar-refractivity contribution < 1.29 is 15.0 Å². The van der Waals surface area contributed by atoms with E-state index in [-0.39, 0.29) is 5.78 Å².